The van der Waals surface area contributed by atoms with Gasteiger partial charge in [-0.2, -0.15) is 0 Å². The van der Waals surface area contributed by atoms with Crippen molar-refractivity contribution < 1.29 is 33.2 Å². The second kappa shape index (κ2) is 9.84. The van der Waals surface area contributed by atoms with Crippen LogP contribution in [-0.4, -0.2) is 50.6 Å². The molecule has 0 aromatic heterocycles. The van der Waals surface area contributed by atoms with E-state index in [0.29, 0.717) is 6.61 Å². The van der Waals surface area contributed by atoms with Gasteiger partial charge in [0.2, 0.25) is 0 Å². The van der Waals surface area contributed by atoms with Crippen molar-refractivity contribution in [1.82, 2.24) is 0 Å². The maximum atomic E-state index is 14.3. The summed E-state index contributed by atoms with van der Waals surface area (Å²) in [5, 5.41) is 9.71. The van der Waals surface area contributed by atoms with Crippen LogP contribution >= 0.6 is 0 Å². The van der Waals surface area contributed by atoms with Crippen molar-refractivity contribution in [2.45, 2.75) is 37.9 Å². The van der Waals surface area contributed by atoms with Crippen LogP contribution in [0.15, 0.2) is 48.5 Å². The number of benzene rings is 2. The summed E-state index contributed by atoms with van der Waals surface area (Å²) in [6.45, 7) is 0.638. The summed E-state index contributed by atoms with van der Waals surface area (Å²) in [5.41, 5.74) is 1.82. The number of hydrogen-bond donors (Lipinski definition) is 1. The zero-order chi connectivity index (χ0) is 19.9. The number of hydrogen-bond acceptors (Lipinski definition) is 6. The summed E-state index contributed by atoms with van der Waals surface area (Å²) in [6.07, 6.45) is -4.75. The van der Waals surface area contributed by atoms with Gasteiger partial charge in [-0.1, -0.05) is 24.3 Å². The van der Waals surface area contributed by atoms with Crippen molar-refractivity contribution in [1.29, 1.82) is 0 Å². The van der Waals surface area contributed by atoms with Gasteiger partial charge in [-0.05, 0) is 35.4 Å². The molecular formula is C21H25FO6. The lowest BCUT2D eigenvalue weighted by Gasteiger charge is -2.20. The fourth-order valence-corrected chi connectivity index (χ4v) is 2.96. The van der Waals surface area contributed by atoms with Gasteiger partial charge < -0.3 is 28.8 Å². The molecule has 1 saturated heterocycles. The Kier molecular flexibility index (Phi) is 7.22. The van der Waals surface area contributed by atoms with E-state index < -0.39 is 24.7 Å². The van der Waals surface area contributed by atoms with E-state index in [-0.39, 0.29) is 13.2 Å². The second-order valence-electron chi connectivity index (χ2n) is 6.50. The lowest BCUT2D eigenvalue weighted by Crippen LogP contribution is -2.34. The zero-order valence-electron chi connectivity index (χ0n) is 15.9. The molecule has 1 aliphatic rings. The predicted octanol–water partition coefficient (Wildman–Crippen LogP) is 2.86. The molecule has 3 rings (SSSR count). The average molecular weight is 392 g/mol. The van der Waals surface area contributed by atoms with E-state index in [4.69, 9.17) is 23.7 Å². The first kappa shape index (κ1) is 20.5. The first-order valence-electron chi connectivity index (χ1n) is 9.03. The third-order valence-corrected chi connectivity index (χ3v) is 4.58. The fourth-order valence-electron chi connectivity index (χ4n) is 2.96. The van der Waals surface area contributed by atoms with Crippen molar-refractivity contribution in [3.63, 3.8) is 0 Å². The summed E-state index contributed by atoms with van der Waals surface area (Å²) in [4.78, 5) is 0. The molecule has 6 nitrogen and oxygen atoms in total. The molecule has 1 heterocycles. The van der Waals surface area contributed by atoms with Crippen LogP contribution in [0.1, 0.15) is 11.1 Å². The van der Waals surface area contributed by atoms with E-state index in [1.165, 1.54) is 0 Å². The third kappa shape index (κ3) is 5.20. The highest BCUT2D eigenvalue weighted by atomic mass is 19.1. The van der Waals surface area contributed by atoms with Crippen molar-refractivity contribution >= 4 is 0 Å². The predicted molar refractivity (Wildman–Crippen MR) is 100.0 cm³/mol. The Balaban J connectivity index is 1.51. The molecule has 1 N–H and O–H groups in total. The molecule has 28 heavy (non-hydrogen) atoms. The van der Waals surface area contributed by atoms with Gasteiger partial charge >= 0.3 is 0 Å². The quantitative estimate of drug-likeness (QED) is 0.708. The highest BCUT2D eigenvalue weighted by Crippen LogP contribution is 2.27. The fraction of sp³-hybridized carbons (Fsp3) is 0.429. The van der Waals surface area contributed by atoms with Crippen molar-refractivity contribution in [3.05, 3.63) is 59.7 Å². The first-order chi connectivity index (χ1) is 13.6. The van der Waals surface area contributed by atoms with Crippen LogP contribution in [0, 0.1) is 0 Å². The third-order valence-electron chi connectivity index (χ3n) is 4.58. The van der Waals surface area contributed by atoms with Gasteiger partial charge in [0.1, 0.15) is 23.7 Å². The molecule has 0 amide bonds. The minimum atomic E-state index is -1.63. The topological polar surface area (TPSA) is 66.4 Å². The lowest BCUT2D eigenvalue weighted by atomic mass is 10.1. The van der Waals surface area contributed by atoms with Gasteiger partial charge in [-0.25, -0.2) is 4.39 Å². The molecular weight excluding hydrogens is 367 g/mol. The van der Waals surface area contributed by atoms with Crippen LogP contribution in [0.25, 0.3) is 0 Å². The molecule has 0 radical (unpaired) electrons. The van der Waals surface area contributed by atoms with Crippen LogP contribution in [0.4, 0.5) is 4.39 Å². The summed E-state index contributed by atoms with van der Waals surface area (Å²) in [6, 6.07) is 14.8. The van der Waals surface area contributed by atoms with Gasteiger partial charge in [-0.3, -0.25) is 0 Å². The number of alkyl halides is 1. The minimum Gasteiger partial charge on any atom is -0.497 e. The summed E-state index contributed by atoms with van der Waals surface area (Å²) in [7, 11) is 3.20. The van der Waals surface area contributed by atoms with E-state index in [1.54, 1.807) is 26.4 Å². The number of ether oxygens (including phenoxy) is 5. The maximum Gasteiger partial charge on any atom is 0.189 e. The molecule has 0 bridgehead atoms. The monoisotopic (exact) mass is 392 g/mol. The molecule has 2 aromatic rings. The summed E-state index contributed by atoms with van der Waals surface area (Å²) < 4.78 is 41.1. The Morgan fingerprint density at radius 1 is 0.893 bits per heavy atom. The zero-order valence-corrected chi connectivity index (χ0v) is 15.9. The van der Waals surface area contributed by atoms with Gasteiger partial charge in [0, 0.05) is 0 Å². The van der Waals surface area contributed by atoms with Gasteiger partial charge in [0.15, 0.2) is 12.5 Å². The standard InChI is InChI=1S/C21H25FO6/c1-24-16-7-3-14(4-8-16)11-26-13-18-20(19(22)21(23)28-18)27-12-15-5-9-17(25-2)10-6-15/h3-10,18-21,23H,11-13H2,1-2H3/t18-,19-,20-,21+/m1/s1. The summed E-state index contributed by atoms with van der Waals surface area (Å²) >= 11 is 0. The Morgan fingerprint density at radius 2 is 1.43 bits per heavy atom. The van der Waals surface area contributed by atoms with Crippen LogP contribution in [0.5, 0.6) is 11.5 Å². The molecule has 4 atom stereocenters. The molecule has 0 unspecified atom stereocenters. The summed E-state index contributed by atoms with van der Waals surface area (Å²) in [5.74, 6) is 1.50. The average Bonchev–Trinajstić information content (AvgIpc) is 3.00. The Labute approximate surface area is 163 Å². The van der Waals surface area contributed by atoms with E-state index >= 15 is 0 Å². The maximum absolute atomic E-state index is 14.3. The SMILES string of the molecule is COc1ccc(COC[C@H]2O[C@H](O)[C@H](F)[C@@H]2OCc2ccc(OC)cc2)cc1. The first-order valence-corrected chi connectivity index (χ1v) is 9.03. The minimum absolute atomic E-state index is 0.108. The normalized spacial score (nSPS) is 24.3. The van der Waals surface area contributed by atoms with E-state index in [9.17, 15) is 9.50 Å². The molecule has 1 fully saturated rings. The molecule has 0 spiro atoms. The van der Waals surface area contributed by atoms with Crippen LogP contribution in [0.2, 0.25) is 0 Å². The van der Waals surface area contributed by atoms with E-state index in [0.717, 1.165) is 22.6 Å². The lowest BCUT2D eigenvalue weighted by molar-refractivity contribution is -0.129. The van der Waals surface area contributed by atoms with Crippen molar-refractivity contribution in [2.24, 2.45) is 0 Å². The van der Waals surface area contributed by atoms with E-state index in [2.05, 4.69) is 0 Å². The van der Waals surface area contributed by atoms with Crippen LogP contribution in [0.3, 0.4) is 0 Å². The van der Waals surface area contributed by atoms with Gasteiger partial charge in [0.05, 0.1) is 34.0 Å². The highest BCUT2D eigenvalue weighted by molar-refractivity contribution is 5.27. The Hall–Kier alpha value is -2.19. The van der Waals surface area contributed by atoms with Gasteiger partial charge in [-0.15, -0.1) is 0 Å². The second-order valence-corrected chi connectivity index (χ2v) is 6.50. The van der Waals surface area contributed by atoms with Gasteiger partial charge in [0.25, 0.3) is 0 Å². The number of aliphatic hydroxyl groups is 1. The molecule has 0 saturated carbocycles. The molecule has 152 valence electrons. The Bertz CT molecular complexity index is 721. The highest BCUT2D eigenvalue weighted by Gasteiger charge is 2.45. The molecule has 1 aliphatic heterocycles. The van der Waals surface area contributed by atoms with Crippen LogP contribution < -0.4 is 9.47 Å². The molecule has 2 aromatic carbocycles. The number of aliphatic hydroxyl groups excluding tert-OH is 1. The smallest absolute Gasteiger partial charge is 0.189 e. The molecule has 0 aliphatic carbocycles. The Morgan fingerprint density at radius 3 is 1.96 bits per heavy atom. The molecule has 7 heteroatoms. The number of methoxy groups -OCH3 is 2. The van der Waals surface area contributed by atoms with Crippen LogP contribution in [-0.2, 0) is 27.4 Å². The largest absolute Gasteiger partial charge is 0.497 e. The number of rotatable bonds is 9. The van der Waals surface area contributed by atoms with Crippen molar-refractivity contribution in [2.75, 3.05) is 20.8 Å². The van der Waals surface area contributed by atoms with Crippen molar-refractivity contribution in [3.8, 4) is 11.5 Å². The van der Waals surface area contributed by atoms with E-state index in [1.807, 2.05) is 36.4 Å². The number of halogens is 1.